The number of rotatable bonds is 6. The molecule has 0 radical (unpaired) electrons. The summed E-state index contributed by atoms with van der Waals surface area (Å²) >= 11 is 0. The molecule has 8 heteroatoms. The maximum Gasteiger partial charge on any atom is 0.335 e. The molecule has 1 rings (SSSR count). The van der Waals surface area contributed by atoms with Crippen molar-refractivity contribution in [3.05, 3.63) is 29.8 Å². The molecule has 0 fully saturated rings. The highest BCUT2D eigenvalue weighted by molar-refractivity contribution is 7.89. The number of esters is 1. The number of likely N-dealkylation sites (N-methyl/N-ethyl adjacent to an activating group) is 1. The van der Waals surface area contributed by atoms with Gasteiger partial charge in [-0.3, -0.25) is 4.79 Å². The van der Waals surface area contributed by atoms with Crippen LogP contribution >= 0.6 is 0 Å². The van der Waals surface area contributed by atoms with Crippen molar-refractivity contribution in [1.82, 2.24) is 4.31 Å². The molecular formula is C12H15NO6S. The number of sulfonamides is 1. The van der Waals surface area contributed by atoms with Gasteiger partial charge in [-0.1, -0.05) is 6.07 Å². The number of carboxylic acids is 1. The van der Waals surface area contributed by atoms with Crippen LogP contribution in [-0.2, 0) is 19.6 Å². The lowest BCUT2D eigenvalue weighted by Crippen LogP contribution is -2.33. The van der Waals surface area contributed by atoms with E-state index < -0.39 is 28.5 Å². The van der Waals surface area contributed by atoms with E-state index >= 15 is 0 Å². The minimum atomic E-state index is -3.94. The molecule has 0 heterocycles. The zero-order valence-electron chi connectivity index (χ0n) is 11.1. The molecule has 0 bridgehead atoms. The standard InChI is InChI=1S/C12H15NO6S/c1-3-19-11(14)8-13(2)20(17,18)10-6-4-5-9(7-10)12(15)16/h4-7H,3,8H2,1-2H3,(H,15,16). The summed E-state index contributed by atoms with van der Waals surface area (Å²) in [5.74, 6) is -1.90. The van der Waals surface area contributed by atoms with Crippen molar-refractivity contribution >= 4 is 22.0 Å². The van der Waals surface area contributed by atoms with Gasteiger partial charge in [0.25, 0.3) is 0 Å². The summed E-state index contributed by atoms with van der Waals surface area (Å²) in [5, 5.41) is 8.85. The second-order valence-electron chi connectivity index (χ2n) is 3.90. The van der Waals surface area contributed by atoms with Crippen molar-refractivity contribution in [1.29, 1.82) is 0 Å². The fourth-order valence-corrected chi connectivity index (χ4v) is 2.60. The quantitative estimate of drug-likeness (QED) is 0.771. The average molecular weight is 301 g/mol. The Balaban J connectivity index is 3.01. The third kappa shape index (κ3) is 3.78. The van der Waals surface area contributed by atoms with E-state index in [0.29, 0.717) is 0 Å². The summed E-state index contributed by atoms with van der Waals surface area (Å²) in [7, 11) is -2.72. The highest BCUT2D eigenvalue weighted by atomic mass is 32.2. The Morgan fingerprint density at radius 3 is 2.55 bits per heavy atom. The van der Waals surface area contributed by atoms with E-state index in [2.05, 4.69) is 4.74 Å². The molecule has 110 valence electrons. The second kappa shape index (κ2) is 6.49. The molecule has 0 aliphatic carbocycles. The van der Waals surface area contributed by atoms with Gasteiger partial charge in [0.15, 0.2) is 0 Å². The Morgan fingerprint density at radius 2 is 2.00 bits per heavy atom. The molecule has 1 N–H and O–H groups in total. The van der Waals surface area contributed by atoms with Crippen LogP contribution in [-0.4, -0.2) is 50.0 Å². The normalized spacial score (nSPS) is 11.3. The number of carbonyl (C=O) groups is 2. The first-order valence-electron chi connectivity index (χ1n) is 5.74. The predicted octanol–water partition coefficient (Wildman–Crippen LogP) is 0.568. The third-order valence-electron chi connectivity index (χ3n) is 2.45. The first-order chi connectivity index (χ1) is 9.28. The van der Waals surface area contributed by atoms with Crippen molar-refractivity contribution in [2.45, 2.75) is 11.8 Å². The summed E-state index contributed by atoms with van der Waals surface area (Å²) in [4.78, 5) is 21.9. The van der Waals surface area contributed by atoms with Crippen LogP contribution in [0.2, 0.25) is 0 Å². The number of benzene rings is 1. The molecule has 0 aliphatic heterocycles. The van der Waals surface area contributed by atoms with E-state index in [1.54, 1.807) is 6.92 Å². The smallest absolute Gasteiger partial charge is 0.335 e. The molecule has 1 aromatic rings. The lowest BCUT2D eigenvalue weighted by atomic mass is 10.2. The number of carbonyl (C=O) groups excluding carboxylic acids is 1. The van der Waals surface area contributed by atoms with Crippen molar-refractivity contribution in [3.63, 3.8) is 0 Å². The van der Waals surface area contributed by atoms with Gasteiger partial charge in [0, 0.05) is 7.05 Å². The van der Waals surface area contributed by atoms with Gasteiger partial charge >= 0.3 is 11.9 Å². The van der Waals surface area contributed by atoms with E-state index in [1.165, 1.54) is 25.2 Å². The van der Waals surface area contributed by atoms with Gasteiger partial charge in [-0.25, -0.2) is 13.2 Å². The number of hydrogen-bond acceptors (Lipinski definition) is 5. The molecule has 0 atom stereocenters. The molecule has 20 heavy (non-hydrogen) atoms. The van der Waals surface area contributed by atoms with E-state index in [0.717, 1.165) is 10.4 Å². The lowest BCUT2D eigenvalue weighted by molar-refractivity contribution is -0.143. The topological polar surface area (TPSA) is 101 Å². The molecular weight excluding hydrogens is 286 g/mol. The van der Waals surface area contributed by atoms with Gasteiger partial charge in [0.1, 0.15) is 6.54 Å². The largest absolute Gasteiger partial charge is 0.478 e. The Bertz CT molecular complexity index is 610. The maximum absolute atomic E-state index is 12.2. The molecule has 0 saturated heterocycles. The molecule has 0 unspecified atom stereocenters. The highest BCUT2D eigenvalue weighted by Gasteiger charge is 2.24. The molecule has 0 aliphatic rings. The Labute approximate surface area is 116 Å². The number of nitrogens with zero attached hydrogens (tertiary/aromatic N) is 1. The second-order valence-corrected chi connectivity index (χ2v) is 5.94. The fourth-order valence-electron chi connectivity index (χ4n) is 1.44. The van der Waals surface area contributed by atoms with Crippen molar-refractivity contribution in [2.24, 2.45) is 0 Å². The molecule has 0 aromatic heterocycles. The molecule has 0 spiro atoms. The van der Waals surface area contributed by atoms with Crippen LogP contribution in [0.15, 0.2) is 29.2 Å². The SMILES string of the molecule is CCOC(=O)CN(C)S(=O)(=O)c1cccc(C(=O)O)c1. The van der Waals surface area contributed by atoms with E-state index in [4.69, 9.17) is 5.11 Å². The zero-order valence-corrected chi connectivity index (χ0v) is 11.9. The average Bonchev–Trinajstić information content (AvgIpc) is 2.38. The minimum absolute atomic E-state index is 0.143. The monoisotopic (exact) mass is 301 g/mol. The maximum atomic E-state index is 12.2. The van der Waals surface area contributed by atoms with Crippen LogP contribution in [0.3, 0.4) is 0 Å². The van der Waals surface area contributed by atoms with Gasteiger partial charge in [0.05, 0.1) is 17.1 Å². The molecule has 0 amide bonds. The van der Waals surface area contributed by atoms with Crippen LogP contribution in [0.5, 0.6) is 0 Å². The van der Waals surface area contributed by atoms with Crippen LogP contribution in [0.25, 0.3) is 0 Å². The van der Waals surface area contributed by atoms with Crippen molar-refractivity contribution in [2.75, 3.05) is 20.2 Å². The Morgan fingerprint density at radius 1 is 1.35 bits per heavy atom. The van der Waals surface area contributed by atoms with E-state index in [9.17, 15) is 18.0 Å². The first kappa shape index (κ1) is 16.1. The number of hydrogen-bond donors (Lipinski definition) is 1. The molecule has 1 aromatic carbocycles. The fraction of sp³-hybridized carbons (Fsp3) is 0.333. The zero-order chi connectivity index (χ0) is 15.3. The van der Waals surface area contributed by atoms with E-state index in [-0.39, 0.29) is 17.1 Å². The Hall–Kier alpha value is -1.93. The summed E-state index contributed by atoms with van der Waals surface area (Å²) in [6, 6.07) is 4.92. The van der Waals surface area contributed by atoms with Crippen molar-refractivity contribution in [3.8, 4) is 0 Å². The molecule has 0 saturated carbocycles. The van der Waals surface area contributed by atoms with Crippen LogP contribution in [0.1, 0.15) is 17.3 Å². The summed E-state index contributed by atoms with van der Waals surface area (Å²) in [5.41, 5.74) is -0.143. The summed E-state index contributed by atoms with van der Waals surface area (Å²) in [6.45, 7) is 1.33. The van der Waals surface area contributed by atoms with Crippen LogP contribution < -0.4 is 0 Å². The first-order valence-corrected chi connectivity index (χ1v) is 7.18. The third-order valence-corrected chi connectivity index (χ3v) is 4.25. The Kier molecular flexibility index (Phi) is 5.23. The van der Waals surface area contributed by atoms with Gasteiger partial charge in [-0.2, -0.15) is 4.31 Å². The van der Waals surface area contributed by atoms with Crippen LogP contribution in [0, 0.1) is 0 Å². The minimum Gasteiger partial charge on any atom is -0.478 e. The summed E-state index contributed by atoms with van der Waals surface area (Å²) in [6.07, 6.45) is 0. The summed E-state index contributed by atoms with van der Waals surface area (Å²) < 4.78 is 29.8. The predicted molar refractivity (Wildman–Crippen MR) is 69.9 cm³/mol. The van der Waals surface area contributed by atoms with Gasteiger partial charge < -0.3 is 9.84 Å². The van der Waals surface area contributed by atoms with Crippen molar-refractivity contribution < 1.29 is 27.9 Å². The van der Waals surface area contributed by atoms with Crippen LogP contribution in [0.4, 0.5) is 0 Å². The lowest BCUT2D eigenvalue weighted by Gasteiger charge is -2.16. The van der Waals surface area contributed by atoms with Gasteiger partial charge in [0.2, 0.25) is 10.0 Å². The van der Waals surface area contributed by atoms with Gasteiger partial charge in [-0.15, -0.1) is 0 Å². The number of carboxylic acid groups (broad SMARTS) is 1. The molecule has 7 nitrogen and oxygen atoms in total. The number of ether oxygens (including phenoxy) is 1. The van der Waals surface area contributed by atoms with E-state index in [1.807, 2.05) is 0 Å². The van der Waals surface area contributed by atoms with Gasteiger partial charge in [-0.05, 0) is 25.1 Å². The highest BCUT2D eigenvalue weighted by Crippen LogP contribution is 2.16. The number of aromatic carboxylic acids is 1.